The first-order valence-electron chi connectivity index (χ1n) is 2.95. The highest BCUT2D eigenvalue weighted by atomic mass is 17.1. The minimum Gasteiger partial charge on any atom is -0.451 e. The van der Waals surface area contributed by atoms with Crippen LogP contribution in [0.2, 0.25) is 0 Å². The van der Waals surface area contributed by atoms with Crippen molar-refractivity contribution in [1.82, 2.24) is 0 Å². The number of ether oxygens (including phenoxy) is 1. The molecule has 0 heterocycles. The standard InChI is InChI=1S/C6H10O5/c1-6(2,3)10-4(7)5(8)11-9/h9H,1-3H3. The van der Waals surface area contributed by atoms with Crippen LogP contribution in [0.5, 0.6) is 0 Å². The molecule has 0 amide bonds. The lowest BCUT2D eigenvalue weighted by molar-refractivity contribution is -0.238. The molecule has 0 aliphatic heterocycles. The SMILES string of the molecule is CC(C)(C)OC(=O)C(=O)OO. The molecule has 0 aromatic heterocycles. The third-order valence-corrected chi connectivity index (χ3v) is 0.648. The molecule has 11 heavy (non-hydrogen) atoms. The summed E-state index contributed by atoms with van der Waals surface area (Å²) in [6, 6.07) is 0. The van der Waals surface area contributed by atoms with Crippen LogP contribution in [0, 0.1) is 0 Å². The largest absolute Gasteiger partial charge is 0.451 e. The molecule has 0 saturated carbocycles. The van der Waals surface area contributed by atoms with Crippen LogP contribution in [0.1, 0.15) is 20.8 Å². The van der Waals surface area contributed by atoms with Gasteiger partial charge in [-0.1, -0.05) is 0 Å². The van der Waals surface area contributed by atoms with E-state index in [0.717, 1.165) is 0 Å². The smallest absolute Gasteiger partial charge is 0.449 e. The first kappa shape index (κ1) is 9.90. The summed E-state index contributed by atoms with van der Waals surface area (Å²) < 4.78 is 4.52. The Morgan fingerprint density at radius 3 is 1.91 bits per heavy atom. The maximum atomic E-state index is 10.5. The molecule has 0 radical (unpaired) electrons. The molecule has 0 unspecified atom stereocenters. The van der Waals surface area contributed by atoms with Crippen LogP contribution >= 0.6 is 0 Å². The van der Waals surface area contributed by atoms with Crippen LogP contribution < -0.4 is 0 Å². The first-order chi connectivity index (χ1) is 4.87. The Morgan fingerprint density at radius 1 is 1.18 bits per heavy atom. The van der Waals surface area contributed by atoms with Crippen molar-refractivity contribution in [3.05, 3.63) is 0 Å². The maximum Gasteiger partial charge on any atom is 0.449 e. The molecule has 5 nitrogen and oxygen atoms in total. The average molecular weight is 162 g/mol. The normalized spacial score (nSPS) is 10.5. The highest BCUT2D eigenvalue weighted by Crippen LogP contribution is 2.06. The molecule has 0 aromatic carbocycles. The topological polar surface area (TPSA) is 72.8 Å². The van der Waals surface area contributed by atoms with E-state index in [9.17, 15) is 9.59 Å². The van der Waals surface area contributed by atoms with Gasteiger partial charge in [-0.3, -0.25) is 4.89 Å². The lowest BCUT2D eigenvalue weighted by atomic mass is 10.2. The molecule has 0 saturated heterocycles. The molecule has 0 bridgehead atoms. The summed E-state index contributed by atoms with van der Waals surface area (Å²) in [7, 11) is 0. The summed E-state index contributed by atoms with van der Waals surface area (Å²) >= 11 is 0. The summed E-state index contributed by atoms with van der Waals surface area (Å²) in [5.74, 6) is -2.63. The van der Waals surface area contributed by atoms with E-state index < -0.39 is 17.5 Å². The predicted molar refractivity (Wildman–Crippen MR) is 34.6 cm³/mol. The van der Waals surface area contributed by atoms with Gasteiger partial charge in [0.1, 0.15) is 5.60 Å². The molecule has 0 fully saturated rings. The van der Waals surface area contributed by atoms with E-state index in [2.05, 4.69) is 9.62 Å². The Kier molecular flexibility index (Phi) is 3.00. The molecular formula is C6H10O5. The molecule has 64 valence electrons. The van der Waals surface area contributed by atoms with Gasteiger partial charge in [0.25, 0.3) is 0 Å². The number of hydrogen-bond acceptors (Lipinski definition) is 5. The molecule has 1 N–H and O–H groups in total. The van der Waals surface area contributed by atoms with Crippen LogP contribution in [-0.2, 0) is 19.2 Å². The van der Waals surface area contributed by atoms with E-state index >= 15 is 0 Å². The molecule has 0 aliphatic carbocycles. The van der Waals surface area contributed by atoms with Crippen LogP contribution in [0.25, 0.3) is 0 Å². The fourth-order valence-electron chi connectivity index (χ4n) is 0.357. The van der Waals surface area contributed by atoms with Gasteiger partial charge in [-0.2, -0.15) is 5.26 Å². The van der Waals surface area contributed by atoms with Crippen molar-refractivity contribution in [2.45, 2.75) is 26.4 Å². The zero-order valence-corrected chi connectivity index (χ0v) is 6.58. The zero-order chi connectivity index (χ0) is 9.07. The Labute approximate surface area is 63.8 Å². The van der Waals surface area contributed by atoms with Gasteiger partial charge in [0.15, 0.2) is 0 Å². The number of rotatable bonds is 0. The number of hydrogen-bond donors (Lipinski definition) is 1. The fourth-order valence-corrected chi connectivity index (χ4v) is 0.357. The third-order valence-electron chi connectivity index (χ3n) is 0.648. The van der Waals surface area contributed by atoms with Crippen molar-refractivity contribution >= 4 is 11.9 Å². The van der Waals surface area contributed by atoms with Crippen molar-refractivity contribution in [2.24, 2.45) is 0 Å². The molecule has 0 aromatic rings. The molecule has 0 rings (SSSR count). The van der Waals surface area contributed by atoms with Gasteiger partial charge in [0.05, 0.1) is 0 Å². The van der Waals surface area contributed by atoms with Gasteiger partial charge in [0, 0.05) is 0 Å². The second-order valence-corrected chi connectivity index (χ2v) is 2.88. The van der Waals surface area contributed by atoms with Gasteiger partial charge < -0.3 is 4.74 Å². The average Bonchev–Trinajstić information content (AvgIpc) is 1.82. The number of carbonyl (C=O) groups excluding carboxylic acids is 2. The Balaban J connectivity index is 3.99. The molecular weight excluding hydrogens is 152 g/mol. The van der Waals surface area contributed by atoms with Crippen molar-refractivity contribution in [3.63, 3.8) is 0 Å². The van der Waals surface area contributed by atoms with E-state index in [0.29, 0.717) is 0 Å². The lowest BCUT2D eigenvalue weighted by Gasteiger charge is -2.17. The second-order valence-electron chi connectivity index (χ2n) is 2.88. The Hall–Kier alpha value is -1.10. The quantitative estimate of drug-likeness (QED) is 0.241. The van der Waals surface area contributed by atoms with Gasteiger partial charge in [-0.05, 0) is 20.8 Å². The second kappa shape index (κ2) is 3.34. The first-order valence-corrected chi connectivity index (χ1v) is 2.95. The van der Waals surface area contributed by atoms with Crippen LogP contribution in [0.4, 0.5) is 0 Å². The minimum absolute atomic E-state index is 0.759. The maximum absolute atomic E-state index is 10.5. The van der Waals surface area contributed by atoms with Crippen LogP contribution in [-0.4, -0.2) is 22.8 Å². The predicted octanol–water partition coefficient (Wildman–Crippen LogP) is 0.344. The van der Waals surface area contributed by atoms with Gasteiger partial charge in [0.2, 0.25) is 0 Å². The van der Waals surface area contributed by atoms with Crippen molar-refractivity contribution in [3.8, 4) is 0 Å². The lowest BCUT2D eigenvalue weighted by Crippen LogP contribution is -2.29. The summed E-state index contributed by atoms with van der Waals surface area (Å²) in [5, 5.41) is 7.75. The van der Waals surface area contributed by atoms with E-state index in [1.165, 1.54) is 0 Å². The van der Waals surface area contributed by atoms with Crippen LogP contribution in [0.15, 0.2) is 0 Å². The Morgan fingerprint density at radius 2 is 1.64 bits per heavy atom. The van der Waals surface area contributed by atoms with E-state index in [-0.39, 0.29) is 0 Å². The van der Waals surface area contributed by atoms with E-state index in [4.69, 9.17) is 5.26 Å². The zero-order valence-electron chi connectivity index (χ0n) is 6.58. The summed E-state index contributed by atoms with van der Waals surface area (Å²) in [5.41, 5.74) is -0.759. The summed E-state index contributed by atoms with van der Waals surface area (Å²) in [6.45, 7) is 4.78. The molecule has 0 spiro atoms. The van der Waals surface area contributed by atoms with Gasteiger partial charge >= 0.3 is 11.9 Å². The Bertz CT molecular complexity index is 166. The number of esters is 1. The number of carbonyl (C=O) groups is 2. The minimum atomic E-state index is -1.42. The molecule has 5 heteroatoms. The van der Waals surface area contributed by atoms with E-state index in [1.807, 2.05) is 0 Å². The molecule has 0 aliphatic rings. The van der Waals surface area contributed by atoms with Gasteiger partial charge in [-0.25, -0.2) is 9.59 Å². The van der Waals surface area contributed by atoms with Gasteiger partial charge in [-0.15, -0.1) is 0 Å². The fraction of sp³-hybridized carbons (Fsp3) is 0.667. The van der Waals surface area contributed by atoms with E-state index in [1.54, 1.807) is 20.8 Å². The highest BCUT2D eigenvalue weighted by Gasteiger charge is 2.24. The van der Waals surface area contributed by atoms with Crippen molar-refractivity contribution in [2.75, 3.05) is 0 Å². The summed E-state index contributed by atoms with van der Waals surface area (Å²) in [4.78, 5) is 23.9. The van der Waals surface area contributed by atoms with Crippen LogP contribution in [0.3, 0.4) is 0 Å². The van der Waals surface area contributed by atoms with Crippen molar-refractivity contribution in [1.29, 1.82) is 0 Å². The highest BCUT2D eigenvalue weighted by molar-refractivity contribution is 6.29. The monoisotopic (exact) mass is 162 g/mol. The summed E-state index contributed by atoms with van der Waals surface area (Å²) in [6.07, 6.45) is 0. The third kappa shape index (κ3) is 4.32. The molecule has 0 atom stereocenters. The van der Waals surface area contributed by atoms with Crippen molar-refractivity contribution < 1.29 is 24.5 Å².